The van der Waals surface area contributed by atoms with Crippen LogP contribution in [0.4, 0.5) is 0 Å². The van der Waals surface area contributed by atoms with Crippen LogP contribution in [0.3, 0.4) is 0 Å². The van der Waals surface area contributed by atoms with Crippen LogP contribution in [0.25, 0.3) is 0 Å². The maximum Gasteiger partial charge on any atom is 0.0580 e. The summed E-state index contributed by atoms with van der Waals surface area (Å²) < 4.78 is 0. The van der Waals surface area contributed by atoms with Gasteiger partial charge in [0, 0.05) is 25.3 Å². The first kappa shape index (κ1) is 12.1. The second-order valence-electron chi connectivity index (χ2n) is 5.15. The zero-order valence-corrected chi connectivity index (χ0v) is 10.1. The van der Waals surface area contributed by atoms with Gasteiger partial charge in [0.1, 0.15) is 0 Å². The lowest BCUT2D eigenvalue weighted by Crippen LogP contribution is -2.36. The van der Waals surface area contributed by atoms with Crippen molar-refractivity contribution in [3.05, 3.63) is 0 Å². The lowest BCUT2D eigenvalue weighted by atomic mass is 9.86. The molecule has 0 radical (unpaired) electrons. The van der Waals surface area contributed by atoms with Gasteiger partial charge in [0.15, 0.2) is 0 Å². The second kappa shape index (κ2) is 6.36. The third-order valence-corrected chi connectivity index (χ3v) is 3.81. The molecule has 0 aromatic rings. The molecule has 1 aliphatic heterocycles. The van der Waals surface area contributed by atoms with E-state index >= 15 is 0 Å². The van der Waals surface area contributed by atoms with Crippen molar-refractivity contribution in [1.29, 1.82) is 0 Å². The predicted octanol–water partition coefficient (Wildman–Crippen LogP) is 1.75. The molecular weight excluding hydrogens is 200 g/mol. The van der Waals surface area contributed by atoms with Gasteiger partial charge in [-0.25, -0.2) is 0 Å². The first-order valence-corrected chi connectivity index (χ1v) is 6.77. The maximum absolute atomic E-state index is 9.84. The van der Waals surface area contributed by atoms with Gasteiger partial charge in [0.25, 0.3) is 0 Å². The monoisotopic (exact) mass is 224 g/mol. The molecule has 0 aromatic heterocycles. The van der Waals surface area contributed by atoms with Crippen molar-refractivity contribution in [2.45, 2.75) is 51.0 Å². The Kier molecular flexibility index (Phi) is 4.79. The average molecular weight is 224 g/mol. The van der Waals surface area contributed by atoms with Crippen LogP contribution in [0.15, 0.2) is 4.99 Å². The van der Waals surface area contributed by atoms with Crippen LogP contribution in [0.5, 0.6) is 0 Å². The summed E-state index contributed by atoms with van der Waals surface area (Å²) in [5.41, 5.74) is 1.33. The minimum atomic E-state index is -0.0745. The van der Waals surface area contributed by atoms with Crippen LogP contribution < -0.4 is 5.32 Å². The molecule has 2 aliphatic rings. The molecule has 0 spiro atoms. The lowest BCUT2D eigenvalue weighted by Gasteiger charge is -2.28. The van der Waals surface area contributed by atoms with Crippen LogP contribution in [0.1, 0.15) is 44.9 Å². The number of aliphatic hydroxyl groups is 1. The largest absolute Gasteiger partial charge is 0.393 e. The Bertz CT molecular complexity index is 240. The quantitative estimate of drug-likeness (QED) is 0.764. The maximum atomic E-state index is 9.84. The van der Waals surface area contributed by atoms with Crippen LogP contribution in [0.2, 0.25) is 0 Å². The van der Waals surface area contributed by atoms with Crippen molar-refractivity contribution < 1.29 is 5.11 Å². The van der Waals surface area contributed by atoms with Crippen molar-refractivity contribution in [3.63, 3.8) is 0 Å². The zero-order chi connectivity index (χ0) is 11.2. The van der Waals surface area contributed by atoms with Crippen LogP contribution >= 0.6 is 0 Å². The SMILES string of the molecule is OC1CCCCC1CNCC1=NCCCC1. The summed E-state index contributed by atoms with van der Waals surface area (Å²) in [5, 5.41) is 13.3. The third-order valence-electron chi connectivity index (χ3n) is 3.81. The van der Waals surface area contributed by atoms with E-state index in [0.29, 0.717) is 5.92 Å². The molecule has 1 fully saturated rings. The summed E-state index contributed by atoms with van der Waals surface area (Å²) in [6, 6.07) is 0. The number of hydrogen-bond donors (Lipinski definition) is 2. The highest BCUT2D eigenvalue weighted by molar-refractivity contribution is 5.86. The van der Waals surface area contributed by atoms with E-state index in [9.17, 15) is 5.11 Å². The summed E-state index contributed by atoms with van der Waals surface area (Å²) in [6.45, 7) is 2.91. The zero-order valence-electron chi connectivity index (χ0n) is 10.1. The predicted molar refractivity (Wildman–Crippen MR) is 67.0 cm³/mol. The van der Waals surface area contributed by atoms with Crippen LogP contribution in [0, 0.1) is 5.92 Å². The highest BCUT2D eigenvalue weighted by Crippen LogP contribution is 2.23. The fourth-order valence-corrected chi connectivity index (χ4v) is 2.73. The average Bonchev–Trinajstić information content (AvgIpc) is 2.33. The Morgan fingerprint density at radius 3 is 2.81 bits per heavy atom. The number of rotatable bonds is 4. The van der Waals surface area contributed by atoms with Gasteiger partial charge in [-0.2, -0.15) is 0 Å². The number of nitrogens with one attached hydrogen (secondary N) is 1. The molecule has 2 rings (SSSR count). The van der Waals surface area contributed by atoms with Gasteiger partial charge >= 0.3 is 0 Å². The Balaban J connectivity index is 1.64. The molecule has 2 N–H and O–H groups in total. The van der Waals surface area contributed by atoms with Gasteiger partial charge in [0.2, 0.25) is 0 Å². The van der Waals surface area contributed by atoms with Gasteiger partial charge in [-0.3, -0.25) is 4.99 Å². The van der Waals surface area contributed by atoms with Crippen molar-refractivity contribution in [1.82, 2.24) is 5.32 Å². The van der Waals surface area contributed by atoms with Gasteiger partial charge < -0.3 is 10.4 Å². The molecule has 3 nitrogen and oxygen atoms in total. The minimum Gasteiger partial charge on any atom is -0.393 e. The van der Waals surface area contributed by atoms with Gasteiger partial charge in [-0.1, -0.05) is 12.8 Å². The topological polar surface area (TPSA) is 44.6 Å². The third kappa shape index (κ3) is 3.56. The standard InChI is InChI=1S/C13H24N2O/c16-13-7-2-1-5-11(13)9-14-10-12-6-3-4-8-15-12/h11,13-14,16H,1-10H2. The van der Waals surface area contributed by atoms with E-state index in [1.807, 2.05) is 0 Å². The molecule has 3 heteroatoms. The highest BCUT2D eigenvalue weighted by Gasteiger charge is 2.22. The minimum absolute atomic E-state index is 0.0745. The molecule has 0 bridgehead atoms. The number of nitrogens with zero attached hydrogens (tertiary/aromatic N) is 1. The van der Waals surface area contributed by atoms with Gasteiger partial charge in [-0.05, 0) is 38.0 Å². The van der Waals surface area contributed by atoms with Crippen molar-refractivity contribution in [2.75, 3.05) is 19.6 Å². The highest BCUT2D eigenvalue weighted by atomic mass is 16.3. The summed E-state index contributed by atoms with van der Waals surface area (Å²) in [4.78, 5) is 4.52. The summed E-state index contributed by atoms with van der Waals surface area (Å²) >= 11 is 0. The van der Waals surface area contributed by atoms with Crippen molar-refractivity contribution in [3.8, 4) is 0 Å². The number of hydrogen-bond acceptors (Lipinski definition) is 3. The molecule has 1 heterocycles. The molecule has 92 valence electrons. The molecule has 0 amide bonds. The Labute approximate surface area is 98.3 Å². The molecular formula is C13H24N2O. The fourth-order valence-electron chi connectivity index (χ4n) is 2.73. The lowest BCUT2D eigenvalue weighted by molar-refractivity contribution is 0.0703. The van der Waals surface area contributed by atoms with E-state index in [0.717, 1.165) is 26.1 Å². The first-order chi connectivity index (χ1) is 7.86. The van der Waals surface area contributed by atoms with Gasteiger partial charge in [0.05, 0.1) is 6.10 Å². The van der Waals surface area contributed by atoms with E-state index in [1.165, 1.54) is 44.2 Å². The molecule has 2 unspecified atom stereocenters. The molecule has 0 aromatic carbocycles. The second-order valence-corrected chi connectivity index (χ2v) is 5.15. The summed E-state index contributed by atoms with van der Waals surface area (Å²) in [5.74, 6) is 0.470. The smallest absolute Gasteiger partial charge is 0.0580 e. The Morgan fingerprint density at radius 2 is 2.06 bits per heavy atom. The van der Waals surface area contributed by atoms with Gasteiger partial charge in [-0.15, -0.1) is 0 Å². The van der Waals surface area contributed by atoms with E-state index in [-0.39, 0.29) is 6.10 Å². The number of aliphatic hydroxyl groups excluding tert-OH is 1. The van der Waals surface area contributed by atoms with Crippen LogP contribution in [-0.2, 0) is 0 Å². The Morgan fingerprint density at radius 1 is 1.19 bits per heavy atom. The van der Waals surface area contributed by atoms with Crippen LogP contribution in [-0.4, -0.2) is 36.6 Å². The number of aliphatic imine (C=N–C) groups is 1. The normalized spacial score (nSPS) is 31.2. The summed E-state index contributed by atoms with van der Waals surface area (Å²) in [6.07, 6.45) is 8.30. The fraction of sp³-hybridized carbons (Fsp3) is 0.923. The van der Waals surface area contributed by atoms with E-state index in [2.05, 4.69) is 10.3 Å². The molecule has 1 saturated carbocycles. The first-order valence-electron chi connectivity index (χ1n) is 6.77. The molecule has 1 aliphatic carbocycles. The van der Waals surface area contributed by atoms with Crippen molar-refractivity contribution in [2.24, 2.45) is 10.9 Å². The van der Waals surface area contributed by atoms with E-state index < -0.39 is 0 Å². The molecule has 16 heavy (non-hydrogen) atoms. The van der Waals surface area contributed by atoms with E-state index in [4.69, 9.17) is 0 Å². The van der Waals surface area contributed by atoms with Crippen molar-refractivity contribution >= 4 is 5.71 Å². The molecule has 2 atom stereocenters. The van der Waals surface area contributed by atoms with E-state index in [1.54, 1.807) is 0 Å². The molecule has 0 saturated heterocycles. The Hall–Kier alpha value is -0.410. The summed E-state index contributed by atoms with van der Waals surface area (Å²) in [7, 11) is 0.